The molecule has 3 rings (SSSR count). The molecular formula is C17H22N2O2. The average Bonchev–Trinajstić information content (AvgIpc) is 2.76. The van der Waals surface area contributed by atoms with Crippen LogP contribution in [0.3, 0.4) is 0 Å². The Morgan fingerprint density at radius 3 is 2.43 bits per heavy atom. The van der Waals surface area contributed by atoms with Gasteiger partial charge in [-0.2, -0.15) is 5.10 Å². The van der Waals surface area contributed by atoms with E-state index in [0.29, 0.717) is 6.42 Å². The second-order valence-corrected chi connectivity index (χ2v) is 7.06. The highest BCUT2D eigenvalue weighted by Gasteiger charge is 2.71. The lowest BCUT2D eigenvalue weighted by Crippen LogP contribution is -2.40. The third-order valence-electron chi connectivity index (χ3n) is 6.24. The molecule has 4 heteroatoms. The number of anilines is 1. The van der Waals surface area contributed by atoms with Crippen LogP contribution in [0, 0.1) is 16.2 Å². The van der Waals surface area contributed by atoms with Gasteiger partial charge in [-0.25, -0.2) is 0 Å². The monoisotopic (exact) mass is 286 g/mol. The molecule has 4 nitrogen and oxygen atoms in total. The van der Waals surface area contributed by atoms with Crippen LogP contribution < -0.4 is 5.43 Å². The summed E-state index contributed by atoms with van der Waals surface area (Å²) in [5, 5.41) is 14.3. The van der Waals surface area contributed by atoms with Gasteiger partial charge in [0.15, 0.2) is 0 Å². The highest BCUT2D eigenvalue weighted by Crippen LogP contribution is 2.70. The van der Waals surface area contributed by atoms with Gasteiger partial charge >= 0.3 is 5.97 Å². The van der Waals surface area contributed by atoms with Gasteiger partial charge in [-0.05, 0) is 30.4 Å². The summed E-state index contributed by atoms with van der Waals surface area (Å²) < 4.78 is 0. The topological polar surface area (TPSA) is 61.7 Å². The molecular weight excluding hydrogens is 264 g/mol. The molecule has 0 spiro atoms. The lowest BCUT2D eigenvalue weighted by molar-refractivity contribution is -0.154. The van der Waals surface area contributed by atoms with Crippen molar-refractivity contribution in [3.05, 3.63) is 30.3 Å². The van der Waals surface area contributed by atoms with Crippen LogP contribution in [0.25, 0.3) is 0 Å². The van der Waals surface area contributed by atoms with Crippen LogP contribution in [-0.2, 0) is 4.79 Å². The Kier molecular flexibility index (Phi) is 2.91. The van der Waals surface area contributed by atoms with E-state index < -0.39 is 11.4 Å². The smallest absolute Gasteiger partial charge is 0.310 e. The van der Waals surface area contributed by atoms with Crippen LogP contribution >= 0.6 is 0 Å². The number of rotatable bonds is 3. The maximum atomic E-state index is 11.9. The molecule has 2 aliphatic rings. The number of carboxylic acid groups (broad SMARTS) is 1. The van der Waals surface area contributed by atoms with Crippen molar-refractivity contribution in [3.63, 3.8) is 0 Å². The van der Waals surface area contributed by atoms with Crippen molar-refractivity contribution >= 4 is 17.4 Å². The van der Waals surface area contributed by atoms with Gasteiger partial charge < -0.3 is 5.11 Å². The van der Waals surface area contributed by atoms with Crippen molar-refractivity contribution in [2.75, 3.05) is 5.43 Å². The van der Waals surface area contributed by atoms with E-state index in [9.17, 15) is 9.90 Å². The number of nitrogens with zero attached hydrogens (tertiary/aromatic N) is 1. The molecule has 0 aliphatic heterocycles. The molecule has 2 fully saturated rings. The largest absolute Gasteiger partial charge is 0.481 e. The Balaban J connectivity index is 1.94. The second-order valence-electron chi connectivity index (χ2n) is 7.06. The number of fused-ring (bicyclic) bond motifs is 2. The van der Waals surface area contributed by atoms with Gasteiger partial charge in [0.2, 0.25) is 0 Å². The van der Waals surface area contributed by atoms with E-state index in [4.69, 9.17) is 0 Å². The zero-order valence-corrected chi connectivity index (χ0v) is 12.8. The number of para-hydroxylation sites is 1. The highest BCUT2D eigenvalue weighted by atomic mass is 16.4. The molecule has 2 N–H and O–H groups in total. The van der Waals surface area contributed by atoms with Gasteiger partial charge in [0, 0.05) is 17.5 Å². The van der Waals surface area contributed by atoms with Crippen LogP contribution in [0.15, 0.2) is 35.4 Å². The second kappa shape index (κ2) is 4.33. The summed E-state index contributed by atoms with van der Waals surface area (Å²) in [5.74, 6) is -0.680. The van der Waals surface area contributed by atoms with Crippen molar-refractivity contribution in [1.29, 1.82) is 0 Å². The zero-order chi connectivity index (χ0) is 15.3. The van der Waals surface area contributed by atoms with E-state index in [-0.39, 0.29) is 10.8 Å². The maximum absolute atomic E-state index is 11.9. The molecule has 1 aromatic carbocycles. The molecule has 0 heterocycles. The number of hydrazone groups is 1. The molecule has 2 aliphatic carbocycles. The minimum absolute atomic E-state index is 0.146. The summed E-state index contributed by atoms with van der Waals surface area (Å²) in [5.41, 5.74) is 3.92. The molecule has 0 amide bonds. The number of nitrogens with one attached hydrogen (secondary N) is 1. The van der Waals surface area contributed by atoms with Gasteiger partial charge in [0.25, 0.3) is 0 Å². The fourth-order valence-electron chi connectivity index (χ4n) is 4.17. The van der Waals surface area contributed by atoms with Crippen molar-refractivity contribution in [1.82, 2.24) is 0 Å². The van der Waals surface area contributed by atoms with Gasteiger partial charge in [-0.15, -0.1) is 0 Å². The molecule has 2 unspecified atom stereocenters. The highest BCUT2D eigenvalue weighted by molar-refractivity contribution is 6.01. The van der Waals surface area contributed by atoms with Crippen molar-refractivity contribution in [3.8, 4) is 0 Å². The number of hydrogen-bond acceptors (Lipinski definition) is 3. The number of carbonyl (C=O) groups is 1. The fraction of sp³-hybridized carbons (Fsp3) is 0.529. The minimum atomic E-state index is -0.680. The van der Waals surface area contributed by atoms with Crippen LogP contribution in [-0.4, -0.2) is 16.8 Å². The molecule has 2 atom stereocenters. The van der Waals surface area contributed by atoms with Crippen molar-refractivity contribution < 1.29 is 9.90 Å². The Labute approximate surface area is 125 Å². The molecule has 0 radical (unpaired) electrons. The lowest BCUT2D eigenvalue weighted by Gasteiger charge is -2.37. The number of benzene rings is 1. The van der Waals surface area contributed by atoms with Gasteiger partial charge in [-0.1, -0.05) is 39.0 Å². The van der Waals surface area contributed by atoms with Crippen LogP contribution in [0.4, 0.5) is 5.69 Å². The van der Waals surface area contributed by atoms with Crippen LogP contribution in [0.1, 0.15) is 40.0 Å². The molecule has 0 aromatic heterocycles. The van der Waals surface area contributed by atoms with Crippen LogP contribution in [0.2, 0.25) is 0 Å². The number of carboxylic acids is 1. The first kappa shape index (κ1) is 14.1. The Morgan fingerprint density at radius 1 is 1.19 bits per heavy atom. The van der Waals surface area contributed by atoms with Crippen molar-refractivity contribution in [2.24, 2.45) is 21.3 Å². The predicted octanol–water partition coefficient (Wildman–Crippen LogP) is 3.76. The van der Waals surface area contributed by atoms with Gasteiger partial charge in [0.1, 0.15) is 0 Å². The standard InChI is InChI=1S/C17H22N2O2/c1-15(2)16(3)9-10-17(15,14(20)21)11-13(16)19-18-12-7-5-4-6-8-12/h4-8,18H,9-11H2,1-3H3,(H,20,21). The maximum Gasteiger partial charge on any atom is 0.310 e. The third-order valence-corrected chi connectivity index (χ3v) is 6.24. The van der Waals surface area contributed by atoms with E-state index in [2.05, 4.69) is 31.3 Å². The van der Waals surface area contributed by atoms with Gasteiger partial charge in [-0.3, -0.25) is 10.2 Å². The Morgan fingerprint density at radius 2 is 1.86 bits per heavy atom. The summed E-state index contributed by atoms with van der Waals surface area (Å²) in [4.78, 5) is 11.9. The molecule has 0 saturated heterocycles. The number of aliphatic carboxylic acids is 1. The quantitative estimate of drug-likeness (QED) is 0.832. The minimum Gasteiger partial charge on any atom is -0.481 e. The Hall–Kier alpha value is -1.84. The normalized spacial score (nSPS) is 35.1. The third kappa shape index (κ3) is 1.68. The first-order valence-corrected chi connectivity index (χ1v) is 7.45. The lowest BCUT2D eigenvalue weighted by atomic mass is 9.65. The molecule has 2 bridgehead atoms. The summed E-state index contributed by atoms with van der Waals surface area (Å²) in [6.45, 7) is 6.33. The zero-order valence-electron chi connectivity index (χ0n) is 12.8. The molecule has 1 aromatic rings. The SMILES string of the molecule is CC12CCC(C(=O)O)(CC1=NNc1ccccc1)C2(C)C. The van der Waals surface area contributed by atoms with Crippen LogP contribution in [0.5, 0.6) is 0 Å². The summed E-state index contributed by atoms with van der Waals surface area (Å²) in [6.07, 6.45) is 2.18. The average molecular weight is 286 g/mol. The van der Waals surface area contributed by atoms with E-state index in [1.807, 2.05) is 30.3 Å². The first-order valence-electron chi connectivity index (χ1n) is 7.45. The fourth-order valence-corrected chi connectivity index (χ4v) is 4.17. The summed E-state index contributed by atoms with van der Waals surface area (Å²) in [6, 6.07) is 9.77. The summed E-state index contributed by atoms with van der Waals surface area (Å²) in [7, 11) is 0. The molecule has 2 saturated carbocycles. The van der Waals surface area contributed by atoms with Gasteiger partial charge in [0.05, 0.1) is 11.1 Å². The Bertz CT molecular complexity index is 608. The summed E-state index contributed by atoms with van der Waals surface area (Å²) >= 11 is 0. The van der Waals surface area contributed by atoms with E-state index in [0.717, 1.165) is 24.2 Å². The van der Waals surface area contributed by atoms with E-state index in [1.54, 1.807) is 0 Å². The number of hydrogen-bond donors (Lipinski definition) is 2. The molecule has 112 valence electrons. The predicted molar refractivity (Wildman–Crippen MR) is 83.3 cm³/mol. The van der Waals surface area contributed by atoms with Crippen molar-refractivity contribution in [2.45, 2.75) is 40.0 Å². The van der Waals surface area contributed by atoms with E-state index >= 15 is 0 Å². The first-order chi connectivity index (χ1) is 9.83. The molecule has 21 heavy (non-hydrogen) atoms. The van der Waals surface area contributed by atoms with E-state index in [1.165, 1.54) is 0 Å².